The van der Waals surface area contributed by atoms with Gasteiger partial charge in [0.25, 0.3) is 0 Å². The molecule has 3 N–H and O–H groups in total. The lowest BCUT2D eigenvalue weighted by atomic mass is 9.85. The Balaban J connectivity index is 2.34. The number of rotatable bonds is 6. The lowest BCUT2D eigenvalue weighted by molar-refractivity contribution is -0.148. The third-order valence-corrected chi connectivity index (χ3v) is 3.49. The van der Waals surface area contributed by atoms with Gasteiger partial charge in [-0.15, -0.1) is 0 Å². The molecule has 2 amide bonds. The molecule has 0 aromatic heterocycles. The number of aliphatic carboxylic acids is 1. The van der Waals surface area contributed by atoms with Gasteiger partial charge < -0.3 is 20.5 Å². The summed E-state index contributed by atoms with van der Waals surface area (Å²) in [5.74, 6) is -0.335. The molecule has 19 heavy (non-hydrogen) atoms. The topological polar surface area (TPSA) is 87.7 Å². The predicted octanol–water partition coefficient (Wildman–Crippen LogP) is 1.21. The molecule has 0 aromatic carbocycles. The molecule has 1 aliphatic rings. The SMILES string of the molecule is CC(C)CCCNC(=O)NC1COCC1(C)C(=O)O. The van der Waals surface area contributed by atoms with E-state index in [1.165, 1.54) is 0 Å². The van der Waals surface area contributed by atoms with Crippen LogP contribution in [0.2, 0.25) is 0 Å². The van der Waals surface area contributed by atoms with E-state index < -0.39 is 17.4 Å². The zero-order valence-electron chi connectivity index (χ0n) is 11.9. The van der Waals surface area contributed by atoms with Crippen molar-refractivity contribution in [1.82, 2.24) is 10.6 Å². The molecule has 0 bridgehead atoms. The van der Waals surface area contributed by atoms with Crippen LogP contribution < -0.4 is 10.6 Å². The number of ether oxygens (including phenoxy) is 1. The largest absolute Gasteiger partial charge is 0.481 e. The minimum absolute atomic E-state index is 0.126. The van der Waals surface area contributed by atoms with Crippen LogP contribution in [0.15, 0.2) is 0 Å². The quantitative estimate of drug-likeness (QED) is 0.634. The number of nitrogens with one attached hydrogen (secondary N) is 2. The maximum Gasteiger partial charge on any atom is 0.315 e. The van der Waals surface area contributed by atoms with Crippen LogP contribution in [0.1, 0.15) is 33.6 Å². The Morgan fingerprint density at radius 1 is 1.47 bits per heavy atom. The second-order valence-corrected chi connectivity index (χ2v) is 5.73. The van der Waals surface area contributed by atoms with E-state index >= 15 is 0 Å². The molecule has 2 atom stereocenters. The van der Waals surface area contributed by atoms with E-state index in [2.05, 4.69) is 24.5 Å². The van der Waals surface area contributed by atoms with Crippen LogP contribution in [0, 0.1) is 11.3 Å². The Labute approximate surface area is 113 Å². The number of hydrogen-bond acceptors (Lipinski definition) is 3. The maximum absolute atomic E-state index is 11.7. The Morgan fingerprint density at radius 3 is 2.74 bits per heavy atom. The van der Waals surface area contributed by atoms with Gasteiger partial charge in [0.05, 0.1) is 19.3 Å². The van der Waals surface area contributed by atoms with Gasteiger partial charge in [0.2, 0.25) is 0 Å². The summed E-state index contributed by atoms with van der Waals surface area (Å²) in [6.45, 7) is 6.82. The van der Waals surface area contributed by atoms with Gasteiger partial charge in [-0.3, -0.25) is 4.79 Å². The third kappa shape index (κ3) is 4.38. The average molecular weight is 272 g/mol. The minimum atomic E-state index is -1.05. The number of carboxylic acids is 1. The molecule has 0 spiro atoms. The highest BCUT2D eigenvalue weighted by atomic mass is 16.5. The maximum atomic E-state index is 11.7. The Morgan fingerprint density at radius 2 is 2.16 bits per heavy atom. The van der Waals surface area contributed by atoms with Crippen molar-refractivity contribution in [3.05, 3.63) is 0 Å². The Hall–Kier alpha value is -1.30. The molecule has 6 heteroatoms. The van der Waals surface area contributed by atoms with Crippen molar-refractivity contribution in [1.29, 1.82) is 0 Å². The summed E-state index contributed by atoms with van der Waals surface area (Å²) in [5, 5.41) is 14.6. The molecule has 1 fully saturated rings. The van der Waals surface area contributed by atoms with Gasteiger partial charge in [-0.25, -0.2) is 4.79 Å². The van der Waals surface area contributed by atoms with Crippen molar-refractivity contribution in [2.75, 3.05) is 19.8 Å². The van der Waals surface area contributed by atoms with Gasteiger partial charge in [-0.05, 0) is 25.7 Å². The number of urea groups is 1. The lowest BCUT2D eigenvalue weighted by Crippen LogP contribution is -2.52. The highest BCUT2D eigenvalue weighted by molar-refractivity contribution is 5.79. The number of carbonyl (C=O) groups excluding carboxylic acids is 1. The zero-order chi connectivity index (χ0) is 14.5. The first-order valence-electron chi connectivity index (χ1n) is 6.71. The van der Waals surface area contributed by atoms with E-state index in [1.54, 1.807) is 6.92 Å². The molecule has 1 saturated heterocycles. The van der Waals surface area contributed by atoms with Crippen molar-refractivity contribution in [3.63, 3.8) is 0 Å². The molecule has 0 saturated carbocycles. The zero-order valence-corrected chi connectivity index (χ0v) is 11.9. The fourth-order valence-corrected chi connectivity index (χ4v) is 2.01. The van der Waals surface area contributed by atoms with Crippen LogP contribution in [0.4, 0.5) is 4.79 Å². The first-order valence-corrected chi connectivity index (χ1v) is 6.71. The van der Waals surface area contributed by atoms with E-state index in [1.807, 2.05) is 0 Å². The van der Waals surface area contributed by atoms with Crippen molar-refractivity contribution < 1.29 is 19.4 Å². The molecule has 110 valence electrons. The fourth-order valence-electron chi connectivity index (χ4n) is 2.01. The fraction of sp³-hybridized carbons (Fsp3) is 0.846. The highest BCUT2D eigenvalue weighted by Crippen LogP contribution is 2.28. The summed E-state index contributed by atoms with van der Waals surface area (Å²) in [4.78, 5) is 22.9. The van der Waals surface area contributed by atoms with Crippen LogP contribution in [0.5, 0.6) is 0 Å². The molecular weight excluding hydrogens is 248 g/mol. The number of amides is 2. The normalized spacial score (nSPS) is 26.4. The average Bonchev–Trinajstić information content (AvgIpc) is 2.68. The highest BCUT2D eigenvalue weighted by Gasteiger charge is 2.47. The van der Waals surface area contributed by atoms with Gasteiger partial charge in [0.1, 0.15) is 5.41 Å². The number of carboxylic acid groups (broad SMARTS) is 1. The first-order chi connectivity index (χ1) is 8.86. The summed E-state index contributed by atoms with van der Waals surface area (Å²) < 4.78 is 5.17. The summed E-state index contributed by atoms with van der Waals surface area (Å²) in [5.41, 5.74) is -1.05. The van der Waals surface area contributed by atoms with Crippen LogP contribution in [-0.2, 0) is 9.53 Å². The summed E-state index contributed by atoms with van der Waals surface area (Å²) in [7, 11) is 0. The second-order valence-electron chi connectivity index (χ2n) is 5.73. The summed E-state index contributed by atoms with van der Waals surface area (Å²) in [6.07, 6.45) is 1.97. The Kier molecular flexibility index (Phi) is 5.60. The monoisotopic (exact) mass is 272 g/mol. The molecule has 6 nitrogen and oxygen atoms in total. The van der Waals surface area contributed by atoms with Gasteiger partial charge >= 0.3 is 12.0 Å². The molecule has 1 rings (SSSR count). The molecule has 2 unspecified atom stereocenters. The molecule has 0 aliphatic carbocycles. The van der Waals surface area contributed by atoms with E-state index in [0.717, 1.165) is 12.8 Å². The van der Waals surface area contributed by atoms with Crippen molar-refractivity contribution >= 4 is 12.0 Å². The van der Waals surface area contributed by atoms with Gasteiger partial charge in [0.15, 0.2) is 0 Å². The Bertz CT molecular complexity index is 333. The first kappa shape index (κ1) is 15.8. The van der Waals surface area contributed by atoms with Crippen molar-refractivity contribution in [3.8, 4) is 0 Å². The predicted molar refractivity (Wildman–Crippen MR) is 71.0 cm³/mol. The number of carbonyl (C=O) groups is 2. The van der Waals surface area contributed by atoms with Crippen LogP contribution in [0.3, 0.4) is 0 Å². The van der Waals surface area contributed by atoms with Crippen molar-refractivity contribution in [2.24, 2.45) is 11.3 Å². The minimum Gasteiger partial charge on any atom is -0.481 e. The van der Waals surface area contributed by atoms with E-state index in [-0.39, 0.29) is 19.2 Å². The van der Waals surface area contributed by atoms with E-state index in [0.29, 0.717) is 12.5 Å². The van der Waals surface area contributed by atoms with Crippen LogP contribution in [-0.4, -0.2) is 42.9 Å². The third-order valence-electron chi connectivity index (χ3n) is 3.49. The molecule has 1 heterocycles. The van der Waals surface area contributed by atoms with E-state index in [9.17, 15) is 14.7 Å². The van der Waals surface area contributed by atoms with Gasteiger partial charge in [-0.1, -0.05) is 13.8 Å². The molecular formula is C13H24N2O4. The van der Waals surface area contributed by atoms with Crippen LogP contribution in [0.25, 0.3) is 0 Å². The summed E-state index contributed by atoms with van der Waals surface area (Å²) >= 11 is 0. The summed E-state index contributed by atoms with van der Waals surface area (Å²) in [6, 6.07) is -0.818. The standard InChI is InChI=1S/C13H24N2O4/c1-9(2)5-4-6-14-12(18)15-10-7-19-8-13(10,3)11(16)17/h9-10H,4-8H2,1-3H3,(H,16,17)(H2,14,15,18). The van der Waals surface area contributed by atoms with Crippen molar-refractivity contribution in [2.45, 2.75) is 39.7 Å². The smallest absolute Gasteiger partial charge is 0.315 e. The van der Waals surface area contributed by atoms with E-state index in [4.69, 9.17) is 4.74 Å². The molecule has 0 radical (unpaired) electrons. The van der Waals surface area contributed by atoms with Gasteiger partial charge in [-0.2, -0.15) is 0 Å². The lowest BCUT2D eigenvalue weighted by Gasteiger charge is -2.25. The molecule has 0 aromatic rings. The second kappa shape index (κ2) is 6.75. The van der Waals surface area contributed by atoms with Crippen LogP contribution >= 0.6 is 0 Å². The molecule has 1 aliphatic heterocycles. The van der Waals surface area contributed by atoms with Gasteiger partial charge in [0, 0.05) is 6.54 Å². The number of hydrogen-bond donors (Lipinski definition) is 3.